The van der Waals surface area contributed by atoms with Crippen molar-refractivity contribution in [3.05, 3.63) is 35.4 Å². The summed E-state index contributed by atoms with van der Waals surface area (Å²) in [5.41, 5.74) is 1.39. The summed E-state index contributed by atoms with van der Waals surface area (Å²) in [5.74, 6) is 5.27. The second kappa shape index (κ2) is 7.68. The maximum Gasteiger partial charge on any atom is 0.251 e. The van der Waals surface area contributed by atoms with E-state index in [1.54, 1.807) is 24.3 Å². The molecule has 1 amide bonds. The molecule has 0 bridgehead atoms. The van der Waals surface area contributed by atoms with Gasteiger partial charge in [0, 0.05) is 24.3 Å². The molecule has 1 aromatic rings. The van der Waals surface area contributed by atoms with Gasteiger partial charge in [-0.05, 0) is 43.5 Å². The fourth-order valence-corrected chi connectivity index (χ4v) is 2.12. The Bertz CT molecular complexity index is 493. The molecule has 1 fully saturated rings. The number of carbonyl (C=O) groups is 1. The third-order valence-electron chi connectivity index (χ3n) is 3.22. The zero-order valence-electron chi connectivity index (χ0n) is 11.4. The molecule has 2 N–H and O–H groups in total. The summed E-state index contributed by atoms with van der Waals surface area (Å²) in [6.07, 6.45) is 3.43. The van der Waals surface area contributed by atoms with Crippen LogP contribution in [0.1, 0.15) is 35.2 Å². The largest absolute Gasteiger partial charge is 0.384 e. The number of benzene rings is 1. The maximum atomic E-state index is 12.0. The number of aliphatic hydroxyl groups excluding tert-OH is 1. The van der Waals surface area contributed by atoms with Crippen molar-refractivity contribution in [2.45, 2.75) is 25.4 Å². The topological polar surface area (TPSA) is 58.6 Å². The van der Waals surface area contributed by atoms with E-state index >= 15 is 0 Å². The number of hydrogen-bond donors (Lipinski definition) is 2. The quantitative estimate of drug-likeness (QED) is 0.817. The van der Waals surface area contributed by atoms with Gasteiger partial charge >= 0.3 is 0 Å². The Kier molecular flexibility index (Phi) is 5.60. The standard InChI is InChI=1S/C16H19NO3/c18-10-3-4-13-6-8-14(9-7-13)16(19)17-12-15-5-1-2-11-20-15/h6-9,15,18H,1-2,5,10-12H2,(H,17,19). The van der Waals surface area contributed by atoms with Crippen molar-refractivity contribution in [1.29, 1.82) is 0 Å². The second-order valence-corrected chi connectivity index (χ2v) is 4.74. The molecular formula is C16H19NO3. The Morgan fingerprint density at radius 3 is 2.80 bits per heavy atom. The summed E-state index contributed by atoms with van der Waals surface area (Å²) in [7, 11) is 0. The molecular weight excluding hydrogens is 254 g/mol. The van der Waals surface area contributed by atoms with Gasteiger partial charge in [0.1, 0.15) is 6.61 Å². The molecule has 106 valence electrons. The Balaban J connectivity index is 1.85. The average Bonchev–Trinajstić information content (AvgIpc) is 2.52. The van der Waals surface area contributed by atoms with Crippen LogP contribution in [0, 0.1) is 11.8 Å². The van der Waals surface area contributed by atoms with Crippen LogP contribution in [0.3, 0.4) is 0 Å². The molecule has 0 radical (unpaired) electrons. The molecule has 1 saturated heterocycles. The molecule has 4 nitrogen and oxygen atoms in total. The molecule has 0 aromatic heterocycles. The van der Waals surface area contributed by atoms with E-state index in [-0.39, 0.29) is 18.6 Å². The van der Waals surface area contributed by atoms with Gasteiger partial charge < -0.3 is 15.2 Å². The summed E-state index contributed by atoms with van der Waals surface area (Å²) in [6, 6.07) is 7.01. The van der Waals surface area contributed by atoms with Crippen molar-refractivity contribution in [2.75, 3.05) is 19.8 Å². The van der Waals surface area contributed by atoms with Gasteiger partial charge in [-0.25, -0.2) is 0 Å². The van der Waals surface area contributed by atoms with Crippen molar-refractivity contribution >= 4 is 5.91 Å². The van der Waals surface area contributed by atoms with Gasteiger partial charge in [0.05, 0.1) is 6.10 Å². The van der Waals surface area contributed by atoms with Gasteiger partial charge in [0.15, 0.2) is 0 Å². The minimum atomic E-state index is -0.163. The summed E-state index contributed by atoms with van der Waals surface area (Å²) in [5, 5.41) is 11.5. The fourth-order valence-electron chi connectivity index (χ4n) is 2.12. The molecule has 0 aliphatic carbocycles. The summed E-state index contributed by atoms with van der Waals surface area (Å²) in [4.78, 5) is 12.0. The molecule has 1 aromatic carbocycles. The zero-order chi connectivity index (χ0) is 14.2. The van der Waals surface area contributed by atoms with E-state index in [1.807, 2.05) is 0 Å². The highest BCUT2D eigenvalue weighted by molar-refractivity contribution is 5.94. The monoisotopic (exact) mass is 273 g/mol. The molecule has 1 aliphatic heterocycles. The van der Waals surface area contributed by atoms with Crippen molar-refractivity contribution in [2.24, 2.45) is 0 Å². The highest BCUT2D eigenvalue weighted by Crippen LogP contribution is 2.12. The summed E-state index contributed by atoms with van der Waals surface area (Å²) in [6.45, 7) is 1.19. The lowest BCUT2D eigenvalue weighted by Gasteiger charge is -2.22. The van der Waals surface area contributed by atoms with E-state index in [1.165, 1.54) is 6.42 Å². The van der Waals surface area contributed by atoms with Gasteiger partial charge in [-0.2, -0.15) is 0 Å². The van der Waals surface area contributed by atoms with E-state index in [4.69, 9.17) is 9.84 Å². The SMILES string of the molecule is O=C(NCC1CCCCO1)c1ccc(C#CCO)cc1. The zero-order valence-corrected chi connectivity index (χ0v) is 11.4. The van der Waals surface area contributed by atoms with Crippen molar-refractivity contribution in [3.63, 3.8) is 0 Å². The number of aliphatic hydroxyl groups is 1. The van der Waals surface area contributed by atoms with Crippen LogP contribution in [-0.2, 0) is 4.74 Å². The van der Waals surface area contributed by atoms with E-state index in [0.717, 1.165) is 25.0 Å². The molecule has 0 spiro atoms. The Morgan fingerprint density at radius 1 is 1.35 bits per heavy atom. The lowest BCUT2D eigenvalue weighted by molar-refractivity contribution is 0.0169. The van der Waals surface area contributed by atoms with E-state index in [9.17, 15) is 4.79 Å². The normalized spacial score (nSPS) is 17.9. The van der Waals surface area contributed by atoms with Crippen LogP contribution in [0.25, 0.3) is 0 Å². The van der Waals surface area contributed by atoms with Gasteiger partial charge in [-0.15, -0.1) is 0 Å². The van der Waals surface area contributed by atoms with Gasteiger partial charge in [-0.3, -0.25) is 4.79 Å². The fraction of sp³-hybridized carbons (Fsp3) is 0.438. The molecule has 1 aliphatic rings. The minimum absolute atomic E-state index is 0.0964. The van der Waals surface area contributed by atoms with E-state index < -0.39 is 0 Å². The number of hydrogen-bond acceptors (Lipinski definition) is 3. The molecule has 1 heterocycles. The summed E-state index contributed by atoms with van der Waals surface area (Å²) < 4.78 is 5.57. The first kappa shape index (κ1) is 14.6. The highest BCUT2D eigenvalue weighted by atomic mass is 16.5. The number of ether oxygens (including phenoxy) is 1. The molecule has 20 heavy (non-hydrogen) atoms. The third kappa shape index (κ3) is 4.37. The first-order valence-electron chi connectivity index (χ1n) is 6.89. The first-order chi connectivity index (χ1) is 9.79. The van der Waals surface area contributed by atoms with Gasteiger partial charge in [0.25, 0.3) is 5.91 Å². The van der Waals surface area contributed by atoms with Crippen LogP contribution in [0.4, 0.5) is 0 Å². The van der Waals surface area contributed by atoms with Gasteiger partial charge in [0.2, 0.25) is 0 Å². The van der Waals surface area contributed by atoms with E-state index in [2.05, 4.69) is 17.2 Å². The first-order valence-corrected chi connectivity index (χ1v) is 6.89. The van der Waals surface area contributed by atoms with Crippen molar-refractivity contribution in [3.8, 4) is 11.8 Å². The van der Waals surface area contributed by atoms with E-state index in [0.29, 0.717) is 12.1 Å². The Labute approximate surface area is 119 Å². The molecule has 4 heteroatoms. The van der Waals surface area contributed by atoms with Crippen LogP contribution in [0.15, 0.2) is 24.3 Å². The van der Waals surface area contributed by atoms with Crippen LogP contribution >= 0.6 is 0 Å². The maximum absolute atomic E-state index is 12.0. The molecule has 2 rings (SSSR count). The molecule has 0 saturated carbocycles. The smallest absolute Gasteiger partial charge is 0.251 e. The van der Waals surface area contributed by atoms with Gasteiger partial charge in [-0.1, -0.05) is 11.8 Å². The Morgan fingerprint density at radius 2 is 2.15 bits per heavy atom. The molecule has 1 unspecified atom stereocenters. The number of nitrogens with one attached hydrogen (secondary N) is 1. The van der Waals surface area contributed by atoms with Crippen molar-refractivity contribution in [1.82, 2.24) is 5.32 Å². The minimum Gasteiger partial charge on any atom is -0.384 e. The lowest BCUT2D eigenvalue weighted by Crippen LogP contribution is -2.35. The highest BCUT2D eigenvalue weighted by Gasteiger charge is 2.15. The third-order valence-corrected chi connectivity index (χ3v) is 3.22. The molecule has 1 atom stereocenters. The lowest BCUT2D eigenvalue weighted by atomic mass is 10.1. The van der Waals surface area contributed by atoms with Crippen LogP contribution in [0.5, 0.6) is 0 Å². The Hall–Kier alpha value is -1.83. The van der Waals surface area contributed by atoms with Crippen LogP contribution < -0.4 is 5.32 Å². The number of amides is 1. The second-order valence-electron chi connectivity index (χ2n) is 4.74. The number of rotatable bonds is 3. The van der Waals surface area contributed by atoms with Crippen LogP contribution in [0.2, 0.25) is 0 Å². The average molecular weight is 273 g/mol. The number of carbonyl (C=O) groups excluding carboxylic acids is 1. The summed E-state index contributed by atoms with van der Waals surface area (Å²) >= 11 is 0. The predicted molar refractivity (Wildman–Crippen MR) is 76.3 cm³/mol. The predicted octanol–water partition coefficient (Wildman–Crippen LogP) is 1.33. The van der Waals surface area contributed by atoms with Crippen molar-refractivity contribution < 1.29 is 14.6 Å². The van der Waals surface area contributed by atoms with Crippen LogP contribution in [-0.4, -0.2) is 36.9 Å².